The molecule has 1 atom stereocenters. The second-order valence-corrected chi connectivity index (χ2v) is 10.3. The number of aromatic nitrogens is 1. The minimum Gasteiger partial charge on any atom is -0.383 e. The van der Waals surface area contributed by atoms with E-state index in [4.69, 9.17) is 9.47 Å². The van der Waals surface area contributed by atoms with E-state index in [9.17, 15) is 9.59 Å². The van der Waals surface area contributed by atoms with E-state index in [1.807, 2.05) is 47.8 Å². The monoisotopic (exact) mass is 434 g/mol. The van der Waals surface area contributed by atoms with Gasteiger partial charge in [0.2, 0.25) is 5.91 Å². The largest absolute Gasteiger partial charge is 0.383 e. The van der Waals surface area contributed by atoms with Crippen molar-refractivity contribution in [2.45, 2.75) is 23.7 Å². The van der Waals surface area contributed by atoms with Crippen molar-refractivity contribution in [1.29, 1.82) is 0 Å². The lowest BCUT2D eigenvalue weighted by atomic mass is 9.82. The van der Waals surface area contributed by atoms with Gasteiger partial charge in [-0.15, -0.1) is 23.5 Å². The molecule has 6 nitrogen and oxygen atoms in total. The summed E-state index contributed by atoms with van der Waals surface area (Å²) < 4.78 is 12.4. The van der Waals surface area contributed by atoms with Gasteiger partial charge in [-0.1, -0.05) is 18.2 Å². The van der Waals surface area contributed by atoms with E-state index >= 15 is 0 Å². The molecule has 1 unspecified atom stereocenters. The third kappa shape index (κ3) is 3.60. The van der Waals surface area contributed by atoms with Gasteiger partial charge in [0.05, 0.1) is 17.8 Å². The Balaban J connectivity index is 1.79. The minimum absolute atomic E-state index is 0.0230. The van der Waals surface area contributed by atoms with Crippen molar-refractivity contribution in [2.24, 2.45) is 5.92 Å². The number of ketones is 1. The van der Waals surface area contributed by atoms with E-state index < -0.39 is 0 Å². The number of carbonyl (C=O) groups is 2. The van der Waals surface area contributed by atoms with Crippen LogP contribution < -0.4 is 5.32 Å². The van der Waals surface area contributed by atoms with Crippen LogP contribution in [0.4, 0.5) is 0 Å². The molecule has 8 heteroatoms. The summed E-state index contributed by atoms with van der Waals surface area (Å²) in [6, 6.07) is 8.04. The standard InChI is InChI=1S/C21H26N2O4S2/c1-26-8-7-22-18(25)12-14-11-17(24)19-15-5-3-4-6-16(15)23(13-27-2)20(19)21(14)28-9-10-29-21/h3-6,14H,7-13H2,1-2H3,(H,22,25). The SMILES string of the molecule is COCCNC(=O)CC1CC(=O)c2c(n(COC)c3ccccc23)C12SCCS2. The lowest BCUT2D eigenvalue weighted by Gasteiger charge is -2.40. The van der Waals surface area contributed by atoms with Crippen LogP contribution in [-0.4, -0.2) is 55.1 Å². The first-order valence-corrected chi connectivity index (χ1v) is 11.8. The molecule has 1 aliphatic carbocycles. The number of nitrogens with one attached hydrogen (secondary N) is 1. The number of rotatable bonds is 7. The van der Waals surface area contributed by atoms with E-state index in [0.717, 1.165) is 33.7 Å². The van der Waals surface area contributed by atoms with Gasteiger partial charge >= 0.3 is 0 Å². The fourth-order valence-corrected chi connectivity index (χ4v) is 8.07. The molecule has 1 fully saturated rings. The van der Waals surface area contributed by atoms with Crippen molar-refractivity contribution in [3.05, 3.63) is 35.5 Å². The second-order valence-electron chi connectivity index (χ2n) is 7.32. The summed E-state index contributed by atoms with van der Waals surface area (Å²) in [7, 11) is 3.29. The maximum atomic E-state index is 13.3. The molecule has 1 spiro atoms. The molecule has 1 aromatic heterocycles. The topological polar surface area (TPSA) is 69.6 Å². The van der Waals surface area contributed by atoms with Gasteiger partial charge in [-0.2, -0.15) is 0 Å². The Morgan fingerprint density at radius 3 is 2.72 bits per heavy atom. The third-order valence-electron chi connectivity index (χ3n) is 5.58. The zero-order valence-corrected chi connectivity index (χ0v) is 18.4. The molecule has 2 aromatic rings. The average Bonchev–Trinajstić information content (AvgIpc) is 3.31. The van der Waals surface area contributed by atoms with Crippen molar-refractivity contribution < 1.29 is 19.1 Å². The number of para-hydroxylation sites is 1. The van der Waals surface area contributed by atoms with E-state index in [1.54, 1.807) is 14.2 Å². The van der Waals surface area contributed by atoms with Crippen LogP contribution in [0, 0.1) is 5.92 Å². The van der Waals surface area contributed by atoms with Gasteiger partial charge in [-0.3, -0.25) is 9.59 Å². The number of ether oxygens (including phenoxy) is 2. The number of fused-ring (bicyclic) bond motifs is 4. The Labute approximate surface area is 179 Å². The zero-order chi connectivity index (χ0) is 20.4. The maximum absolute atomic E-state index is 13.3. The van der Waals surface area contributed by atoms with E-state index in [2.05, 4.69) is 9.88 Å². The quantitative estimate of drug-likeness (QED) is 0.675. The smallest absolute Gasteiger partial charge is 0.220 e. The first-order valence-electron chi connectivity index (χ1n) is 9.79. The number of methoxy groups -OCH3 is 2. The molecule has 1 N–H and O–H groups in total. The first kappa shape index (κ1) is 20.8. The van der Waals surface area contributed by atoms with Crippen molar-refractivity contribution in [3.63, 3.8) is 0 Å². The molecule has 29 heavy (non-hydrogen) atoms. The lowest BCUT2D eigenvalue weighted by Crippen LogP contribution is -2.40. The van der Waals surface area contributed by atoms with E-state index in [-0.39, 0.29) is 21.7 Å². The Kier molecular flexibility index (Phi) is 6.24. The van der Waals surface area contributed by atoms with Crippen LogP contribution in [0.5, 0.6) is 0 Å². The average molecular weight is 435 g/mol. The fourth-order valence-electron chi connectivity index (χ4n) is 4.46. The number of Topliss-reactive ketones (excluding diaryl/α,β-unsaturated/α-hetero) is 1. The van der Waals surface area contributed by atoms with Crippen molar-refractivity contribution in [3.8, 4) is 0 Å². The predicted octanol–water partition coefficient (Wildman–Crippen LogP) is 3.23. The maximum Gasteiger partial charge on any atom is 0.220 e. The summed E-state index contributed by atoms with van der Waals surface area (Å²) in [5.41, 5.74) is 2.86. The van der Waals surface area contributed by atoms with E-state index in [0.29, 0.717) is 32.7 Å². The number of nitrogens with zero attached hydrogens (tertiary/aromatic N) is 1. The minimum atomic E-state index is -0.306. The molecule has 0 saturated carbocycles. The van der Waals surface area contributed by atoms with Gasteiger partial charge in [0, 0.05) is 62.0 Å². The van der Waals surface area contributed by atoms with Gasteiger partial charge in [0.1, 0.15) is 10.8 Å². The van der Waals surface area contributed by atoms with Gasteiger partial charge in [0.15, 0.2) is 5.78 Å². The van der Waals surface area contributed by atoms with Crippen molar-refractivity contribution >= 4 is 46.1 Å². The summed E-state index contributed by atoms with van der Waals surface area (Å²) >= 11 is 3.75. The molecule has 0 bridgehead atoms. The highest BCUT2D eigenvalue weighted by Gasteiger charge is 2.53. The summed E-state index contributed by atoms with van der Waals surface area (Å²) in [6.45, 7) is 1.35. The number of benzene rings is 1. The summed E-state index contributed by atoms with van der Waals surface area (Å²) in [4.78, 5) is 25.9. The Bertz CT molecular complexity index is 921. The van der Waals surface area contributed by atoms with E-state index in [1.165, 1.54) is 0 Å². The second kappa shape index (κ2) is 8.71. The van der Waals surface area contributed by atoms with Crippen LogP contribution in [-0.2, 0) is 25.1 Å². The van der Waals surface area contributed by atoms with Gasteiger partial charge in [-0.25, -0.2) is 0 Å². The lowest BCUT2D eigenvalue weighted by molar-refractivity contribution is -0.122. The summed E-state index contributed by atoms with van der Waals surface area (Å²) in [6.07, 6.45) is 0.731. The molecule has 1 saturated heterocycles. The molecule has 4 rings (SSSR count). The molecule has 1 aromatic carbocycles. The Hall–Kier alpha value is -1.48. The Morgan fingerprint density at radius 1 is 1.24 bits per heavy atom. The molecule has 0 radical (unpaired) electrons. The van der Waals surface area contributed by atoms with Gasteiger partial charge in [0.25, 0.3) is 0 Å². The van der Waals surface area contributed by atoms with Crippen molar-refractivity contribution in [2.75, 3.05) is 38.9 Å². The van der Waals surface area contributed by atoms with Crippen LogP contribution in [0.3, 0.4) is 0 Å². The van der Waals surface area contributed by atoms with Crippen LogP contribution in [0.1, 0.15) is 28.9 Å². The highest BCUT2D eigenvalue weighted by atomic mass is 32.2. The Morgan fingerprint density at radius 2 is 2.00 bits per heavy atom. The number of carbonyl (C=O) groups excluding carboxylic acids is 2. The third-order valence-corrected chi connectivity index (χ3v) is 9.28. The van der Waals surface area contributed by atoms with Crippen molar-refractivity contribution in [1.82, 2.24) is 9.88 Å². The van der Waals surface area contributed by atoms with Crippen LogP contribution in [0.15, 0.2) is 24.3 Å². The molecule has 1 amide bonds. The molecule has 1 aliphatic heterocycles. The van der Waals surface area contributed by atoms with Crippen LogP contribution in [0.2, 0.25) is 0 Å². The molecular formula is C21H26N2O4S2. The van der Waals surface area contributed by atoms with Crippen LogP contribution in [0.25, 0.3) is 10.9 Å². The molecule has 2 heterocycles. The highest BCUT2D eigenvalue weighted by Crippen LogP contribution is 2.62. The first-order chi connectivity index (χ1) is 14.1. The molecular weight excluding hydrogens is 408 g/mol. The number of thioether (sulfide) groups is 2. The highest BCUT2D eigenvalue weighted by molar-refractivity contribution is 8.20. The van der Waals surface area contributed by atoms with Gasteiger partial charge < -0.3 is 19.4 Å². The predicted molar refractivity (Wildman–Crippen MR) is 117 cm³/mol. The number of amides is 1. The number of hydrogen-bond acceptors (Lipinski definition) is 6. The normalized spacial score (nSPS) is 20.3. The summed E-state index contributed by atoms with van der Waals surface area (Å²) in [5.74, 6) is 2.07. The van der Waals surface area contributed by atoms with Gasteiger partial charge in [-0.05, 0) is 6.07 Å². The molecule has 156 valence electrons. The van der Waals surface area contributed by atoms with Crippen LogP contribution >= 0.6 is 23.5 Å². The fraction of sp³-hybridized carbons (Fsp3) is 0.524. The number of hydrogen-bond donors (Lipinski definition) is 1. The summed E-state index contributed by atoms with van der Waals surface area (Å²) in [5, 5.41) is 3.90. The zero-order valence-electron chi connectivity index (χ0n) is 16.7. The molecule has 2 aliphatic rings.